The molecule has 128 valence electrons. The summed E-state index contributed by atoms with van der Waals surface area (Å²) in [6.07, 6.45) is 3.72. The SMILES string of the molecule is Cn1ccc(-c2cccc(C=NNc3nc(-c4ccccc4)cs3)c2)n1. The number of nitrogens with one attached hydrogen (secondary N) is 1. The smallest absolute Gasteiger partial charge is 0.203 e. The Morgan fingerprint density at radius 1 is 1.00 bits per heavy atom. The first kappa shape index (κ1) is 16.2. The van der Waals surface area contributed by atoms with E-state index in [4.69, 9.17) is 0 Å². The van der Waals surface area contributed by atoms with Gasteiger partial charge in [-0.3, -0.25) is 10.1 Å². The number of anilines is 1. The summed E-state index contributed by atoms with van der Waals surface area (Å²) >= 11 is 1.53. The lowest BCUT2D eigenvalue weighted by molar-refractivity contribution is 0.771. The number of nitrogens with zero attached hydrogens (tertiary/aromatic N) is 4. The van der Waals surface area contributed by atoms with Gasteiger partial charge in [-0.2, -0.15) is 10.2 Å². The van der Waals surface area contributed by atoms with Crippen LogP contribution in [0.5, 0.6) is 0 Å². The van der Waals surface area contributed by atoms with Crippen LogP contribution in [0.15, 0.2) is 77.3 Å². The molecule has 0 unspecified atom stereocenters. The molecule has 0 saturated heterocycles. The summed E-state index contributed by atoms with van der Waals surface area (Å²) < 4.78 is 1.80. The molecule has 5 nitrogen and oxygen atoms in total. The molecule has 0 bridgehead atoms. The maximum absolute atomic E-state index is 4.56. The summed E-state index contributed by atoms with van der Waals surface area (Å²) in [5.41, 5.74) is 8.07. The number of aryl methyl sites for hydroxylation is 1. The van der Waals surface area contributed by atoms with Crippen molar-refractivity contribution in [2.24, 2.45) is 12.1 Å². The Morgan fingerprint density at radius 3 is 2.65 bits per heavy atom. The maximum Gasteiger partial charge on any atom is 0.203 e. The molecule has 1 N–H and O–H groups in total. The summed E-state index contributed by atoms with van der Waals surface area (Å²) in [4.78, 5) is 4.56. The first-order valence-electron chi connectivity index (χ1n) is 8.18. The molecule has 0 aliphatic carbocycles. The molecule has 0 fully saturated rings. The number of hydrazone groups is 1. The summed E-state index contributed by atoms with van der Waals surface area (Å²) in [7, 11) is 1.91. The van der Waals surface area contributed by atoms with Crippen molar-refractivity contribution in [3.63, 3.8) is 0 Å². The molecule has 26 heavy (non-hydrogen) atoms. The zero-order valence-corrected chi connectivity index (χ0v) is 15.0. The summed E-state index contributed by atoms with van der Waals surface area (Å²) in [5, 5.41) is 11.5. The monoisotopic (exact) mass is 359 g/mol. The normalized spacial score (nSPS) is 11.1. The Bertz CT molecular complexity index is 1030. The van der Waals surface area contributed by atoms with E-state index in [0.29, 0.717) is 0 Å². The Morgan fingerprint density at radius 2 is 1.85 bits per heavy atom. The third-order valence-corrected chi connectivity index (χ3v) is 4.59. The van der Waals surface area contributed by atoms with Crippen LogP contribution in [0.4, 0.5) is 5.13 Å². The Kier molecular flexibility index (Phi) is 4.57. The van der Waals surface area contributed by atoms with Gasteiger partial charge >= 0.3 is 0 Å². The number of aromatic nitrogens is 3. The van der Waals surface area contributed by atoms with Gasteiger partial charge in [0.05, 0.1) is 17.6 Å². The van der Waals surface area contributed by atoms with E-state index in [2.05, 4.69) is 26.7 Å². The van der Waals surface area contributed by atoms with Crippen molar-refractivity contribution < 1.29 is 0 Å². The predicted molar refractivity (Wildman–Crippen MR) is 107 cm³/mol. The number of rotatable bonds is 5. The van der Waals surface area contributed by atoms with Gasteiger partial charge in [0.2, 0.25) is 5.13 Å². The minimum atomic E-state index is 0.765. The molecule has 4 aromatic rings. The van der Waals surface area contributed by atoms with Gasteiger partial charge in [-0.1, -0.05) is 48.5 Å². The van der Waals surface area contributed by atoms with Gasteiger partial charge in [0.25, 0.3) is 0 Å². The van der Waals surface area contributed by atoms with Gasteiger partial charge in [-0.15, -0.1) is 11.3 Å². The van der Waals surface area contributed by atoms with Gasteiger partial charge in [-0.25, -0.2) is 4.98 Å². The van der Waals surface area contributed by atoms with Crippen LogP contribution < -0.4 is 5.43 Å². The molecule has 2 heterocycles. The molecule has 0 aliphatic rings. The highest BCUT2D eigenvalue weighted by molar-refractivity contribution is 7.14. The Balaban J connectivity index is 1.45. The van der Waals surface area contributed by atoms with E-state index in [1.165, 1.54) is 11.3 Å². The van der Waals surface area contributed by atoms with Crippen LogP contribution in [0, 0.1) is 0 Å². The third kappa shape index (κ3) is 3.70. The van der Waals surface area contributed by atoms with Crippen LogP contribution in [0.25, 0.3) is 22.5 Å². The fourth-order valence-electron chi connectivity index (χ4n) is 2.58. The summed E-state index contributed by atoms with van der Waals surface area (Å²) in [6.45, 7) is 0. The lowest BCUT2D eigenvalue weighted by Crippen LogP contribution is -1.91. The zero-order chi connectivity index (χ0) is 17.8. The first-order chi connectivity index (χ1) is 12.8. The van der Waals surface area contributed by atoms with Gasteiger partial charge < -0.3 is 0 Å². The van der Waals surface area contributed by atoms with E-state index in [1.54, 1.807) is 10.9 Å². The zero-order valence-electron chi connectivity index (χ0n) is 14.2. The molecule has 0 radical (unpaired) electrons. The largest absolute Gasteiger partial charge is 0.275 e. The third-order valence-electron chi connectivity index (χ3n) is 3.84. The molecule has 4 rings (SSSR count). The van der Waals surface area contributed by atoms with Crippen molar-refractivity contribution in [2.45, 2.75) is 0 Å². The Hall–Kier alpha value is -3.25. The van der Waals surface area contributed by atoms with Gasteiger partial charge in [0.15, 0.2) is 0 Å². The molecular formula is C20H17N5S. The standard InChI is InChI=1S/C20H17N5S/c1-25-11-10-18(24-25)17-9-5-6-15(12-17)13-21-23-20-22-19(14-26-20)16-7-3-2-4-8-16/h2-14H,1H3,(H,22,23). The summed E-state index contributed by atoms with van der Waals surface area (Å²) in [5.74, 6) is 0. The second-order valence-electron chi connectivity index (χ2n) is 5.77. The van der Waals surface area contributed by atoms with Crippen LogP contribution in [-0.4, -0.2) is 21.0 Å². The second-order valence-corrected chi connectivity index (χ2v) is 6.63. The molecule has 2 aromatic carbocycles. The number of benzene rings is 2. The van der Waals surface area contributed by atoms with Crippen molar-refractivity contribution in [1.82, 2.24) is 14.8 Å². The molecule has 0 aliphatic heterocycles. The van der Waals surface area contributed by atoms with Crippen molar-refractivity contribution >= 4 is 22.7 Å². The lowest BCUT2D eigenvalue weighted by atomic mass is 10.1. The molecular weight excluding hydrogens is 342 g/mol. The van der Waals surface area contributed by atoms with Crippen LogP contribution >= 0.6 is 11.3 Å². The van der Waals surface area contributed by atoms with Crippen LogP contribution in [-0.2, 0) is 7.05 Å². The van der Waals surface area contributed by atoms with Crippen molar-refractivity contribution in [1.29, 1.82) is 0 Å². The quantitative estimate of drug-likeness (QED) is 0.417. The van der Waals surface area contributed by atoms with Crippen molar-refractivity contribution in [3.05, 3.63) is 77.8 Å². The van der Waals surface area contributed by atoms with Crippen LogP contribution in [0.1, 0.15) is 5.56 Å². The number of hydrogen-bond donors (Lipinski definition) is 1. The molecule has 6 heteroatoms. The minimum absolute atomic E-state index is 0.765. The fourth-order valence-corrected chi connectivity index (χ4v) is 3.24. The average Bonchev–Trinajstić information content (AvgIpc) is 3.32. The van der Waals surface area contributed by atoms with Gasteiger partial charge in [-0.05, 0) is 17.7 Å². The van der Waals surface area contributed by atoms with Crippen molar-refractivity contribution in [3.8, 4) is 22.5 Å². The van der Waals surface area contributed by atoms with E-state index in [9.17, 15) is 0 Å². The Labute approximate surface area is 155 Å². The molecule has 0 atom stereocenters. The van der Waals surface area contributed by atoms with Crippen molar-refractivity contribution in [2.75, 3.05) is 5.43 Å². The minimum Gasteiger partial charge on any atom is -0.275 e. The topological polar surface area (TPSA) is 55.1 Å². The summed E-state index contributed by atoms with van der Waals surface area (Å²) in [6, 6.07) is 20.2. The van der Waals surface area contributed by atoms with Gasteiger partial charge in [0, 0.05) is 29.8 Å². The highest BCUT2D eigenvalue weighted by atomic mass is 32.1. The molecule has 0 saturated carbocycles. The van der Waals surface area contributed by atoms with E-state index in [-0.39, 0.29) is 0 Å². The highest BCUT2D eigenvalue weighted by Gasteiger charge is 2.03. The fraction of sp³-hybridized carbons (Fsp3) is 0.0500. The molecule has 0 amide bonds. The van der Waals surface area contributed by atoms with Crippen LogP contribution in [0.2, 0.25) is 0 Å². The molecule has 2 aromatic heterocycles. The maximum atomic E-state index is 4.56. The number of thiazole rings is 1. The van der Waals surface area contributed by atoms with E-state index >= 15 is 0 Å². The second kappa shape index (κ2) is 7.33. The average molecular weight is 359 g/mol. The van der Waals surface area contributed by atoms with Crippen LogP contribution in [0.3, 0.4) is 0 Å². The predicted octanol–water partition coefficient (Wildman–Crippen LogP) is 4.66. The van der Waals surface area contributed by atoms with Gasteiger partial charge in [0.1, 0.15) is 0 Å². The number of hydrogen-bond acceptors (Lipinski definition) is 5. The molecule has 0 spiro atoms. The first-order valence-corrected chi connectivity index (χ1v) is 9.06. The lowest BCUT2D eigenvalue weighted by Gasteiger charge is -1.99. The van der Waals surface area contributed by atoms with E-state index < -0.39 is 0 Å². The highest BCUT2D eigenvalue weighted by Crippen LogP contribution is 2.24. The van der Waals surface area contributed by atoms with E-state index in [0.717, 1.165) is 33.2 Å². The van der Waals surface area contributed by atoms with E-state index in [1.807, 2.05) is 73.2 Å².